The van der Waals surface area contributed by atoms with Crippen LogP contribution in [0.4, 0.5) is 0 Å². The summed E-state index contributed by atoms with van der Waals surface area (Å²) in [6.45, 7) is 8.06. The molecule has 0 amide bonds. The van der Waals surface area contributed by atoms with E-state index in [-0.39, 0.29) is 26.1 Å². The van der Waals surface area contributed by atoms with Crippen molar-refractivity contribution < 1.29 is 19.8 Å². The molecule has 0 saturated carbocycles. The minimum absolute atomic E-state index is 0. The fraction of sp³-hybridized carbons (Fsp3) is 1.00. The van der Waals surface area contributed by atoms with E-state index in [4.69, 9.17) is 0 Å². The summed E-state index contributed by atoms with van der Waals surface area (Å²) in [4.78, 5) is 28.1. The highest BCUT2D eigenvalue weighted by atomic mass is 17.0. The first-order chi connectivity index (χ1) is 9.37. The largest absolute Gasteiger partial charge is 0.314 e. The molecule has 8 nitrogen and oxygen atoms in total. The van der Waals surface area contributed by atoms with E-state index in [9.17, 15) is 20.2 Å². The number of rotatable bonds is 10. The molecular formula is C13H30N2O6. The summed E-state index contributed by atoms with van der Waals surface area (Å²) >= 11 is 0. The Balaban J connectivity index is -0.000000295. The number of hydrogen-bond donors (Lipinski definition) is 0. The molecule has 0 aliphatic rings. The second kappa shape index (κ2) is 16.5. The molecule has 0 spiro atoms. The van der Waals surface area contributed by atoms with Gasteiger partial charge in [-0.05, 0) is 25.2 Å². The van der Waals surface area contributed by atoms with Crippen molar-refractivity contribution in [2.45, 2.75) is 73.3 Å². The van der Waals surface area contributed by atoms with Crippen molar-refractivity contribution in [3.8, 4) is 0 Å². The van der Waals surface area contributed by atoms with Crippen molar-refractivity contribution in [3.05, 3.63) is 20.2 Å². The van der Waals surface area contributed by atoms with Crippen LogP contribution in [0.5, 0.6) is 0 Å². The molecular weight excluding hydrogens is 280 g/mol. The molecule has 2 unspecified atom stereocenters. The fourth-order valence-corrected chi connectivity index (χ4v) is 1.54. The smallest absolute Gasteiger partial charge is 0.294 e. The van der Waals surface area contributed by atoms with E-state index >= 15 is 0 Å². The van der Waals surface area contributed by atoms with Gasteiger partial charge in [-0.15, -0.1) is 20.2 Å². The predicted octanol–water partition coefficient (Wildman–Crippen LogP) is 4.04. The van der Waals surface area contributed by atoms with Gasteiger partial charge in [-0.1, -0.05) is 48.0 Å². The van der Waals surface area contributed by atoms with Gasteiger partial charge in [-0.2, -0.15) is 0 Å². The monoisotopic (exact) mass is 310 g/mol. The maximum Gasteiger partial charge on any atom is 0.294 e. The fourth-order valence-electron chi connectivity index (χ4n) is 1.54. The molecule has 0 bridgehead atoms. The van der Waals surface area contributed by atoms with Crippen LogP contribution in [0.25, 0.3) is 0 Å². The van der Waals surface area contributed by atoms with E-state index in [1.54, 1.807) is 0 Å². The van der Waals surface area contributed by atoms with Crippen LogP contribution in [0.2, 0.25) is 0 Å². The molecule has 0 saturated heterocycles. The van der Waals surface area contributed by atoms with Gasteiger partial charge in [0.2, 0.25) is 0 Å². The van der Waals surface area contributed by atoms with Crippen LogP contribution in [0.3, 0.4) is 0 Å². The Morgan fingerprint density at radius 1 is 1.00 bits per heavy atom. The lowest BCUT2D eigenvalue weighted by Gasteiger charge is -2.09. The highest BCUT2D eigenvalue weighted by Crippen LogP contribution is 2.05. The maximum absolute atomic E-state index is 9.83. The molecule has 0 radical (unpaired) electrons. The quantitative estimate of drug-likeness (QED) is 0.445. The molecule has 0 rings (SSSR count). The van der Waals surface area contributed by atoms with Crippen LogP contribution in [-0.2, 0) is 9.68 Å². The normalized spacial score (nSPS) is 12.0. The Morgan fingerprint density at radius 3 is 1.86 bits per heavy atom. The summed E-state index contributed by atoms with van der Waals surface area (Å²) in [6.07, 6.45) is 4.20. The van der Waals surface area contributed by atoms with E-state index in [0.717, 1.165) is 25.7 Å². The van der Waals surface area contributed by atoms with Gasteiger partial charge in [0, 0.05) is 0 Å². The van der Waals surface area contributed by atoms with Crippen molar-refractivity contribution in [1.82, 2.24) is 0 Å². The third-order valence-electron chi connectivity index (χ3n) is 2.55. The first-order valence-corrected chi connectivity index (χ1v) is 6.95. The van der Waals surface area contributed by atoms with Crippen LogP contribution in [-0.4, -0.2) is 22.9 Å². The second-order valence-corrected chi connectivity index (χ2v) is 4.56. The third-order valence-corrected chi connectivity index (χ3v) is 2.55. The average molecular weight is 310 g/mol. The first-order valence-electron chi connectivity index (χ1n) is 6.95. The van der Waals surface area contributed by atoms with Crippen LogP contribution in [0.1, 0.15) is 67.2 Å². The van der Waals surface area contributed by atoms with E-state index in [1.807, 2.05) is 27.7 Å². The highest BCUT2D eigenvalue weighted by Gasteiger charge is 2.08. The van der Waals surface area contributed by atoms with Gasteiger partial charge < -0.3 is 9.68 Å². The molecule has 0 aromatic carbocycles. The van der Waals surface area contributed by atoms with Crippen molar-refractivity contribution in [2.75, 3.05) is 6.61 Å². The Kier molecular flexibility index (Phi) is 19.1. The topological polar surface area (TPSA) is 105 Å². The molecule has 0 fully saturated rings. The standard InChI is InChI=1S/2C6H13NO3.CH4/c1-3-4-6(2)5-10-7(8)9;1-3-5-6(4-2)10-7(8)9;/h2*6H,3-5H2,1-2H3;1H4. The summed E-state index contributed by atoms with van der Waals surface area (Å²) in [5, 5.41) is 18.1. The average Bonchev–Trinajstić information content (AvgIpc) is 2.36. The predicted molar refractivity (Wildman–Crippen MR) is 80.8 cm³/mol. The molecule has 0 aliphatic carbocycles. The first kappa shape index (κ1) is 24.4. The molecule has 8 heteroatoms. The van der Waals surface area contributed by atoms with Gasteiger partial charge in [0.05, 0.1) is 6.61 Å². The Morgan fingerprint density at radius 2 is 1.52 bits per heavy atom. The molecule has 0 heterocycles. The highest BCUT2D eigenvalue weighted by molar-refractivity contribution is 4.50. The summed E-state index contributed by atoms with van der Waals surface area (Å²) in [6, 6.07) is 0. The van der Waals surface area contributed by atoms with E-state index < -0.39 is 10.2 Å². The molecule has 128 valence electrons. The summed E-state index contributed by atoms with van der Waals surface area (Å²) in [7, 11) is 0. The van der Waals surface area contributed by atoms with Gasteiger partial charge in [0.1, 0.15) is 6.10 Å². The minimum Gasteiger partial charge on any atom is -0.314 e. The Hall–Kier alpha value is -1.60. The lowest BCUT2D eigenvalue weighted by atomic mass is 10.1. The van der Waals surface area contributed by atoms with Crippen molar-refractivity contribution in [3.63, 3.8) is 0 Å². The number of hydrogen-bond acceptors (Lipinski definition) is 6. The molecule has 0 aromatic heterocycles. The third kappa shape index (κ3) is 20.9. The molecule has 21 heavy (non-hydrogen) atoms. The van der Waals surface area contributed by atoms with E-state index in [2.05, 4.69) is 9.68 Å². The van der Waals surface area contributed by atoms with E-state index in [0.29, 0.717) is 6.42 Å². The summed E-state index contributed by atoms with van der Waals surface area (Å²) in [5.74, 6) is 0.287. The SMILES string of the molecule is C.CCCC(C)CO[N+](=O)[O-].CCCC(CC)O[N+](=O)[O-]. The van der Waals surface area contributed by atoms with Crippen molar-refractivity contribution in [2.24, 2.45) is 5.92 Å². The van der Waals surface area contributed by atoms with Gasteiger partial charge in [-0.25, -0.2) is 0 Å². The zero-order valence-electron chi connectivity index (χ0n) is 12.7. The molecule has 2 atom stereocenters. The second-order valence-electron chi connectivity index (χ2n) is 4.56. The van der Waals surface area contributed by atoms with Crippen LogP contribution < -0.4 is 0 Å². The molecule has 0 N–H and O–H groups in total. The van der Waals surface area contributed by atoms with Gasteiger partial charge in [0.25, 0.3) is 10.2 Å². The van der Waals surface area contributed by atoms with Gasteiger partial charge in [-0.3, -0.25) is 0 Å². The van der Waals surface area contributed by atoms with Gasteiger partial charge >= 0.3 is 0 Å². The van der Waals surface area contributed by atoms with Crippen LogP contribution in [0, 0.1) is 26.1 Å². The molecule has 0 aliphatic heterocycles. The Labute approximate surface area is 127 Å². The maximum atomic E-state index is 9.83. The Bertz CT molecular complexity index is 263. The number of nitrogens with zero attached hydrogens (tertiary/aromatic N) is 2. The van der Waals surface area contributed by atoms with E-state index in [1.165, 1.54) is 0 Å². The van der Waals surface area contributed by atoms with Crippen molar-refractivity contribution in [1.29, 1.82) is 0 Å². The lowest BCUT2D eigenvalue weighted by molar-refractivity contribution is -0.768. The summed E-state index contributed by atoms with van der Waals surface area (Å²) < 4.78 is 0. The lowest BCUT2D eigenvalue weighted by Crippen LogP contribution is -2.15. The van der Waals surface area contributed by atoms with Crippen LogP contribution >= 0.6 is 0 Å². The van der Waals surface area contributed by atoms with Gasteiger partial charge in [0.15, 0.2) is 0 Å². The zero-order chi connectivity index (χ0) is 16.0. The van der Waals surface area contributed by atoms with Crippen LogP contribution in [0.15, 0.2) is 0 Å². The van der Waals surface area contributed by atoms with Crippen molar-refractivity contribution >= 4 is 0 Å². The zero-order valence-corrected chi connectivity index (χ0v) is 12.7. The molecule has 0 aromatic rings. The minimum atomic E-state index is -0.744. The summed E-state index contributed by atoms with van der Waals surface area (Å²) in [5.41, 5.74) is 0.